The SMILES string of the molecule is Cc1[nH]c2c(Cl)c(Cl)ccc2c1CCN1C(=O)OC(C)(C)[C@@]1(C)O. The number of halogens is 2. The van der Waals surface area contributed by atoms with Gasteiger partial charge in [0.05, 0.1) is 15.6 Å². The van der Waals surface area contributed by atoms with Crippen LogP contribution in [-0.2, 0) is 11.2 Å². The van der Waals surface area contributed by atoms with Gasteiger partial charge in [-0.25, -0.2) is 4.79 Å². The van der Waals surface area contributed by atoms with Gasteiger partial charge in [0.2, 0.25) is 0 Å². The maximum Gasteiger partial charge on any atom is 0.412 e. The van der Waals surface area contributed by atoms with Gasteiger partial charge in [-0.3, -0.25) is 4.90 Å². The third-order valence-corrected chi connectivity index (χ3v) is 5.80. The van der Waals surface area contributed by atoms with Crippen LogP contribution in [0.5, 0.6) is 0 Å². The molecule has 2 heterocycles. The highest BCUT2D eigenvalue weighted by molar-refractivity contribution is 6.45. The zero-order valence-corrected chi connectivity index (χ0v) is 15.5. The summed E-state index contributed by atoms with van der Waals surface area (Å²) in [6.07, 6.45) is 0.0501. The largest absolute Gasteiger partial charge is 0.438 e. The molecule has 3 rings (SSSR count). The molecule has 5 nitrogen and oxygen atoms in total. The predicted molar refractivity (Wildman–Crippen MR) is 94.6 cm³/mol. The Balaban J connectivity index is 1.91. The summed E-state index contributed by atoms with van der Waals surface area (Å²) >= 11 is 12.3. The number of aliphatic hydroxyl groups is 1. The Hall–Kier alpha value is -1.43. The molecule has 1 aromatic carbocycles. The fourth-order valence-electron chi connectivity index (χ4n) is 3.12. The number of aromatic amines is 1. The van der Waals surface area contributed by atoms with Crippen LogP contribution in [0.25, 0.3) is 10.9 Å². The van der Waals surface area contributed by atoms with Crippen LogP contribution in [0.3, 0.4) is 0 Å². The minimum atomic E-state index is -1.37. The van der Waals surface area contributed by atoms with E-state index < -0.39 is 17.4 Å². The number of H-pyrrole nitrogens is 1. The van der Waals surface area contributed by atoms with Crippen molar-refractivity contribution in [2.45, 2.75) is 45.4 Å². The fourth-order valence-corrected chi connectivity index (χ4v) is 3.49. The third kappa shape index (κ3) is 2.46. The number of nitrogens with one attached hydrogen (secondary N) is 1. The van der Waals surface area contributed by atoms with Crippen molar-refractivity contribution < 1.29 is 14.6 Å². The topological polar surface area (TPSA) is 65.6 Å². The summed E-state index contributed by atoms with van der Waals surface area (Å²) < 4.78 is 5.29. The van der Waals surface area contributed by atoms with Crippen LogP contribution in [0, 0.1) is 6.92 Å². The monoisotopic (exact) mass is 370 g/mol. The van der Waals surface area contributed by atoms with Crippen molar-refractivity contribution in [3.63, 3.8) is 0 Å². The summed E-state index contributed by atoms with van der Waals surface area (Å²) in [7, 11) is 0. The van der Waals surface area contributed by atoms with Crippen molar-refractivity contribution in [2.24, 2.45) is 0 Å². The van der Waals surface area contributed by atoms with E-state index in [1.54, 1.807) is 26.8 Å². The molecular weight excluding hydrogens is 351 g/mol. The number of carbonyl (C=O) groups is 1. The number of aromatic nitrogens is 1. The minimum absolute atomic E-state index is 0.337. The zero-order valence-electron chi connectivity index (χ0n) is 14.0. The van der Waals surface area contributed by atoms with Gasteiger partial charge in [0.1, 0.15) is 0 Å². The van der Waals surface area contributed by atoms with E-state index in [1.165, 1.54) is 4.90 Å². The van der Waals surface area contributed by atoms with E-state index in [0.29, 0.717) is 23.0 Å². The van der Waals surface area contributed by atoms with Crippen molar-refractivity contribution in [1.29, 1.82) is 0 Å². The first-order valence-electron chi connectivity index (χ1n) is 7.74. The first-order valence-corrected chi connectivity index (χ1v) is 8.50. The van der Waals surface area contributed by atoms with E-state index >= 15 is 0 Å². The van der Waals surface area contributed by atoms with Crippen LogP contribution < -0.4 is 0 Å². The molecule has 1 aliphatic heterocycles. The molecule has 1 aliphatic rings. The summed E-state index contributed by atoms with van der Waals surface area (Å²) in [5, 5.41) is 12.6. The first kappa shape index (κ1) is 17.4. The fraction of sp³-hybridized carbons (Fsp3) is 0.471. The molecule has 2 N–H and O–H groups in total. The molecule has 130 valence electrons. The molecule has 2 aromatic rings. The molecule has 0 radical (unpaired) electrons. The number of rotatable bonds is 3. The molecule has 1 amide bonds. The van der Waals surface area contributed by atoms with Gasteiger partial charge in [0.25, 0.3) is 0 Å². The van der Waals surface area contributed by atoms with Crippen LogP contribution in [0.1, 0.15) is 32.0 Å². The lowest BCUT2D eigenvalue weighted by Gasteiger charge is -2.34. The second kappa shape index (κ2) is 5.55. The Kier molecular flexibility index (Phi) is 4.02. The number of amides is 1. The maximum absolute atomic E-state index is 12.1. The van der Waals surface area contributed by atoms with Gasteiger partial charge in [-0.1, -0.05) is 29.3 Å². The molecule has 1 atom stereocenters. The summed E-state index contributed by atoms with van der Waals surface area (Å²) in [5.41, 5.74) is 0.451. The average Bonchev–Trinajstić information content (AvgIpc) is 2.86. The van der Waals surface area contributed by atoms with E-state index in [-0.39, 0.29) is 0 Å². The third-order valence-electron chi connectivity index (χ3n) is 5.00. The number of hydrogen-bond acceptors (Lipinski definition) is 3. The molecule has 0 saturated carbocycles. The molecule has 0 bridgehead atoms. The van der Waals surface area contributed by atoms with Gasteiger partial charge in [0, 0.05) is 17.6 Å². The number of benzene rings is 1. The minimum Gasteiger partial charge on any atom is -0.438 e. The van der Waals surface area contributed by atoms with Gasteiger partial charge in [-0.05, 0) is 45.7 Å². The van der Waals surface area contributed by atoms with Gasteiger partial charge in [-0.15, -0.1) is 0 Å². The molecule has 0 aliphatic carbocycles. The number of cyclic esters (lactones) is 1. The number of fused-ring (bicyclic) bond motifs is 1. The van der Waals surface area contributed by atoms with Gasteiger partial charge in [-0.2, -0.15) is 0 Å². The number of nitrogens with zero attached hydrogens (tertiary/aromatic N) is 1. The second-order valence-corrected chi connectivity index (χ2v) is 7.60. The molecule has 0 spiro atoms. The van der Waals surface area contributed by atoms with Gasteiger partial charge in [0.15, 0.2) is 11.3 Å². The first-order chi connectivity index (χ1) is 11.1. The lowest BCUT2D eigenvalue weighted by molar-refractivity contribution is -0.126. The quantitative estimate of drug-likeness (QED) is 0.847. The predicted octanol–water partition coefficient (Wildman–Crippen LogP) is 4.26. The highest BCUT2D eigenvalue weighted by Crippen LogP contribution is 2.38. The van der Waals surface area contributed by atoms with E-state index in [0.717, 1.165) is 22.2 Å². The Bertz CT molecular complexity index is 827. The van der Waals surface area contributed by atoms with Crippen LogP contribution in [0.15, 0.2) is 12.1 Å². The highest BCUT2D eigenvalue weighted by atomic mass is 35.5. The summed E-state index contributed by atoms with van der Waals surface area (Å²) in [6.45, 7) is 7.27. The number of ether oxygens (including phenoxy) is 1. The summed E-state index contributed by atoms with van der Waals surface area (Å²) in [4.78, 5) is 16.7. The second-order valence-electron chi connectivity index (χ2n) is 6.81. The van der Waals surface area contributed by atoms with Crippen molar-refractivity contribution in [2.75, 3.05) is 6.54 Å². The van der Waals surface area contributed by atoms with Crippen LogP contribution in [0.4, 0.5) is 4.79 Å². The van der Waals surface area contributed by atoms with Crippen molar-refractivity contribution >= 4 is 40.2 Å². The Morgan fingerprint density at radius 1 is 1.29 bits per heavy atom. The standard InChI is InChI=1S/C17H20Cl2N2O3/c1-9-10(11-5-6-12(18)13(19)14(11)20-9)7-8-21-15(22)24-16(2,3)17(21,4)23/h5-6,20,23H,7-8H2,1-4H3/t17-/m1/s1. The highest BCUT2D eigenvalue weighted by Gasteiger charge is 2.56. The average molecular weight is 371 g/mol. The Morgan fingerprint density at radius 2 is 1.96 bits per heavy atom. The number of hydrogen-bond donors (Lipinski definition) is 2. The number of aryl methyl sites for hydroxylation is 1. The molecule has 1 fully saturated rings. The van der Waals surface area contributed by atoms with Crippen molar-refractivity contribution in [3.05, 3.63) is 33.4 Å². The lowest BCUT2D eigenvalue weighted by atomic mass is 9.95. The Morgan fingerprint density at radius 3 is 2.54 bits per heavy atom. The van der Waals surface area contributed by atoms with E-state index in [4.69, 9.17) is 27.9 Å². The molecule has 1 saturated heterocycles. The summed E-state index contributed by atoms with van der Waals surface area (Å²) in [6, 6.07) is 3.67. The smallest absolute Gasteiger partial charge is 0.412 e. The van der Waals surface area contributed by atoms with E-state index in [2.05, 4.69) is 4.98 Å². The maximum atomic E-state index is 12.1. The van der Waals surface area contributed by atoms with E-state index in [1.807, 2.05) is 13.0 Å². The van der Waals surface area contributed by atoms with Gasteiger partial charge < -0.3 is 14.8 Å². The van der Waals surface area contributed by atoms with Crippen LogP contribution in [0.2, 0.25) is 10.0 Å². The van der Waals surface area contributed by atoms with Crippen LogP contribution >= 0.6 is 23.2 Å². The Labute approximate surface area is 150 Å². The van der Waals surface area contributed by atoms with Gasteiger partial charge >= 0.3 is 6.09 Å². The van der Waals surface area contributed by atoms with Crippen LogP contribution in [-0.4, -0.2) is 39.0 Å². The lowest BCUT2D eigenvalue weighted by Crippen LogP contribution is -2.54. The normalized spacial score (nSPS) is 23.1. The molecule has 7 heteroatoms. The molecule has 0 unspecified atom stereocenters. The molecule has 24 heavy (non-hydrogen) atoms. The number of carbonyl (C=O) groups excluding carboxylic acids is 1. The zero-order chi connectivity index (χ0) is 17.9. The van der Waals surface area contributed by atoms with E-state index in [9.17, 15) is 9.90 Å². The van der Waals surface area contributed by atoms with Crippen molar-refractivity contribution in [1.82, 2.24) is 9.88 Å². The molecular formula is C17H20Cl2N2O3. The summed E-state index contributed by atoms with van der Waals surface area (Å²) in [5.74, 6) is 0. The molecule has 1 aromatic heterocycles. The van der Waals surface area contributed by atoms with Crippen molar-refractivity contribution in [3.8, 4) is 0 Å².